The average molecular weight is 603 g/mol. The van der Waals surface area contributed by atoms with Gasteiger partial charge in [0.1, 0.15) is 5.82 Å². The number of ether oxygens (including phenoxy) is 3. The van der Waals surface area contributed by atoms with Gasteiger partial charge in [-0.2, -0.15) is 0 Å². The third kappa shape index (κ3) is 5.73. The van der Waals surface area contributed by atoms with Crippen molar-refractivity contribution in [2.75, 3.05) is 19.8 Å². The Morgan fingerprint density at radius 1 is 0.930 bits per heavy atom. The highest BCUT2D eigenvalue weighted by Crippen LogP contribution is 2.55. The molecule has 3 aromatic carbocycles. The van der Waals surface area contributed by atoms with Gasteiger partial charge >= 0.3 is 5.97 Å². The van der Waals surface area contributed by atoms with Crippen LogP contribution in [0.3, 0.4) is 0 Å². The van der Waals surface area contributed by atoms with Crippen LogP contribution >= 0.6 is 0 Å². The Labute approximate surface area is 255 Å². The summed E-state index contributed by atoms with van der Waals surface area (Å²) in [6.07, 6.45) is 3.34. The molecule has 3 aromatic rings. The first-order valence-electron chi connectivity index (χ1n) is 15.7. The number of hydrogen-bond acceptors (Lipinski definition) is 5. The van der Waals surface area contributed by atoms with Gasteiger partial charge in [0.25, 0.3) is 8.32 Å². The lowest BCUT2D eigenvalue weighted by Crippen LogP contribution is -2.67. The van der Waals surface area contributed by atoms with Crippen LogP contribution in [0.1, 0.15) is 58.4 Å². The molecular formula is C36H43FO5Si. The molecule has 3 aliphatic rings. The van der Waals surface area contributed by atoms with Gasteiger partial charge in [0.15, 0.2) is 6.29 Å². The largest absolute Gasteiger partial charge is 0.465 e. The number of carbonyl (C=O) groups is 1. The first-order valence-corrected chi connectivity index (χ1v) is 17.6. The molecule has 0 bridgehead atoms. The molecule has 43 heavy (non-hydrogen) atoms. The fourth-order valence-corrected chi connectivity index (χ4v) is 12.5. The van der Waals surface area contributed by atoms with E-state index in [0.717, 1.165) is 24.8 Å². The average Bonchev–Trinajstić information content (AvgIpc) is 3.31. The fourth-order valence-electron chi connectivity index (χ4n) is 7.89. The quantitative estimate of drug-likeness (QED) is 0.229. The van der Waals surface area contributed by atoms with Crippen molar-refractivity contribution in [2.45, 2.75) is 75.7 Å². The van der Waals surface area contributed by atoms with Crippen LogP contribution in [0.15, 0.2) is 84.9 Å². The molecule has 5 nitrogen and oxygen atoms in total. The first-order chi connectivity index (χ1) is 20.7. The Kier molecular flexibility index (Phi) is 8.62. The Hall–Kier alpha value is -2.84. The third-order valence-corrected chi connectivity index (χ3v) is 15.0. The summed E-state index contributed by atoms with van der Waals surface area (Å²) in [7, 11) is -2.82. The molecule has 2 saturated heterocycles. The van der Waals surface area contributed by atoms with E-state index in [0.29, 0.717) is 19.6 Å². The van der Waals surface area contributed by atoms with Gasteiger partial charge in [-0.3, -0.25) is 4.79 Å². The number of fused-ring (bicyclic) bond motifs is 1. The molecule has 0 aromatic heterocycles. The standard InChI is InChI=1S/C36H43FO5Si/c1-35(2,3)43(28-12-6-4-7-13-28,29-14-8-5-9-15-29)41-24-30-31-25-40-33(38)23-36(31,26-17-19-27(37)20-18-26)22-32(30)42-34-16-10-11-21-39-34/h4-9,12-15,17-20,30-32,34H,10-11,16,21-25H2,1-3H3/t30-,31-,32-,34?,36-/m1/s1. The number of carbonyl (C=O) groups excluding carboxylic acids is 1. The van der Waals surface area contributed by atoms with Gasteiger partial charge < -0.3 is 18.6 Å². The maximum absolute atomic E-state index is 14.1. The molecule has 7 heteroatoms. The Balaban J connectivity index is 1.42. The van der Waals surface area contributed by atoms with Crippen molar-refractivity contribution in [2.24, 2.45) is 11.8 Å². The molecule has 0 amide bonds. The van der Waals surface area contributed by atoms with Gasteiger partial charge in [0, 0.05) is 30.5 Å². The summed E-state index contributed by atoms with van der Waals surface area (Å²) >= 11 is 0. The van der Waals surface area contributed by atoms with Gasteiger partial charge in [0.05, 0.1) is 19.1 Å². The van der Waals surface area contributed by atoms with Crippen LogP contribution < -0.4 is 10.4 Å². The molecule has 0 radical (unpaired) electrons. The summed E-state index contributed by atoms with van der Waals surface area (Å²) in [6.45, 7) is 8.27. The monoisotopic (exact) mass is 602 g/mol. The normalized spacial score (nSPS) is 27.9. The topological polar surface area (TPSA) is 54.0 Å². The number of cyclic esters (lactones) is 1. The number of hydrogen-bond donors (Lipinski definition) is 0. The summed E-state index contributed by atoms with van der Waals surface area (Å²) in [5.74, 6) is -0.599. The van der Waals surface area contributed by atoms with E-state index >= 15 is 0 Å². The number of benzene rings is 3. The Morgan fingerprint density at radius 2 is 1.58 bits per heavy atom. The minimum Gasteiger partial charge on any atom is -0.465 e. The Morgan fingerprint density at radius 3 is 2.16 bits per heavy atom. The molecule has 6 rings (SSSR count). The molecule has 0 spiro atoms. The fraction of sp³-hybridized carbons (Fsp3) is 0.472. The van der Waals surface area contributed by atoms with E-state index in [1.807, 2.05) is 12.1 Å². The van der Waals surface area contributed by atoms with Gasteiger partial charge in [-0.25, -0.2) is 4.39 Å². The van der Waals surface area contributed by atoms with E-state index in [-0.39, 0.29) is 54.1 Å². The van der Waals surface area contributed by atoms with Gasteiger partial charge in [0.2, 0.25) is 0 Å². The summed E-state index contributed by atoms with van der Waals surface area (Å²) in [5.41, 5.74) is 0.434. The van der Waals surface area contributed by atoms with Crippen LogP contribution in [0.25, 0.3) is 0 Å². The molecule has 5 atom stereocenters. The maximum Gasteiger partial charge on any atom is 0.306 e. The molecule has 1 aliphatic carbocycles. The van der Waals surface area contributed by atoms with Crippen molar-refractivity contribution in [3.8, 4) is 0 Å². The van der Waals surface area contributed by atoms with Crippen molar-refractivity contribution in [1.82, 2.24) is 0 Å². The van der Waals surface area contributed by atoms with E-state index in [2.05, 4.69) is 81.4 Å². The van der Waals surface area contributed by atoms with Crippen LogP contribution in [0.5, 0.6) is 0 Å². The molecule has 3 fully saturated rings. The predicted molar refractivity (Wildman–Crippen MR) is 167 cm³/mol. The lowest BCUT2D eigenvalue weighted by atomic mass is 9.67. The van der Waals surface area contributed by atoms with Crippen molar-refractivity contribution < 1.29 is 27.8 Å². The second-order valence-corrected chi connectivity index (χ2v) is 17.7. The lowest BCUT2D eigenvalue weighted by molar-refractivity contribution is -0.198. The molecule has 1 saturated carbocycles. The van der Waals surface area contributed by atoms with Gasteiger partial charge in [-0.15, -0.1) is 0 Å². The van der Waals surface area contributed by atoms with Crippen LogP contribution in [0, 0.1) is 17.7 Å². The molecule has 0 N–H and O–H groups in total. The SMILES string of the molecule is CC(C)(C)[Si](OC[C@@H]1[C@H]2COC(=O)C[C@@]2(c2ccc(F)cc2)C[C@H]1OC1CCCCO1)(c1ccccc1)c1ccccc1. The maximum atomic E-state index is 14.1. The zero-order valence-electron chi connectivity index (χ0n) is 25.5. The van der Waals surface area contributed by atoms with E-state index in [1.54, 1.807) is 0 Å². The summed E-state index contributed by atoms with van der Waals surface area (Å²) < 4.78 is 40.1. The second kappa shape index (κ2) is 12.3. The molecular weight excluding hydrogens is 559 g/mol. The minimum absolute atomic E-state index is 0.0394. The molecule has 2 heterocycles. The summed E-state index contributed by atoms with van der Waals surface area (Å²) in [6, 6.07) is 27.9. The highest BCUT2D eigenvalue weighted by atomic mass is 28.4. The van der Waals surface area contributed by atoms with Gasteiger partial charge in [-0.1, -0.05) is 93.6 Å². The van der Waals surface area contributed by atoms with Crippen LogP contribution in [0.2, 0.25) is 5.04 Å². The zero-order valence-corrected chi connectivity index (χ0v) is 26.5. The number of halogens is 1. The van der Waals surface area contributed by atoms with Crippen molar-refractivity contribution >= 4 is 24.7 Å². The minimum atomic E-state index is -2.82. The summed E-state index contributed by atoms with van der Waals surface area (Å²) in [5, 5.41) is 2.27. The number of rotatable bonds is 8. The van der Waals surface area contributed by atoms with Crippen molar-refractivity contribution in [1.29, 1.82) is 0 Å². The summed E-state index contributed by atoms with van der Waals surface area (Å²) in [4.78, 5) is 12.9. The second-order valence-electron chi connectivity index (χ2n) is 13.4. The molecule has 228 valence electrons. The zero-order chi connectivity index (χ0) is 30.1. The van der Waals surface area contributed by atoms with E-state index < -0.39 is 13.7 Å². The highest BCUT2D eigenvalue weighted by Gasteiger charge is 2.60. The number of esters is 1. The van der Waals surface area contributed by atoms with E-state index in [1.165, 1.54) is 22.5 Å². The van der Waals surface area contributed by atoms with E-state index in [4.69, 9.17) is 18.6 Å². The lowest BCUT2D eigenvalue weighted by Gasteiger charge is -2.45. The van der Waals surface area contributed by atoms with Crippen LogP contribution in [0.4, 0.5) is 4.39 Å². The van der Waals surface area contributed by atoms with Crippen molar-refractivity contribution in [3.63, 3.8) is 0 Å². The predicted octanol–water partition coefficient (Wildman–Crippen LogP) is 6.13. The van der Waals surface area contributed by atoms with E-state index in [9.17, 15) is 9.18 Å². The highest BCUT2D eigenvalue weighted by molar-refractivity contribution is 6.99. The van der Waals surface area contributed by atoms with Gasteiger partial charge in [-0.05, 0) is 58.8 Å². The van der Waals surface area contributed by atoms with Crippen LogP contribution in [-0.4, -0.2) is 46.5 Å². The van der Waals surface area contributed by atoms with Crippen molar-refractivity contribution in [3.05, 3.63) is 96.3 Å². The Bertz CT molecular complexity index is 1330. The smallest absolute Gasteiger partial charge is 0.306 e. The molecule has 1 unspecified atom stereocenters. The third-order valence-electron chi connectivity index (χ3n) is 9.95. The molecule has 2 aliphatic heterocycles. The first kappa shape index (κ1) is 30.2. The van der Waals surface area contributed by atoms with Crippen LogP contribution in [-0.2, 0) is 28.8 Å².